The summed E-state index contributed by atoms with van der Waals surface area (Å²) in [6.45, 7) is 4.16. The fourth-order valence-electron chi connectivity index (χ4n) is 2.71. The summed E-state index contributed by atoms with van der Waals surface area (Å²) in [5.41, 5.74) is 3.02. The molecule has 1 aliphatic rings. The minimum atomic E-state index is -0.482. The first-order chi connectivity index (χ1) is 10.9. The van der Waals surface area contributed by atoms with Crippen LogP contribution in [-0.2, 0) is 5.41 Å². The number of nitrogens with zero attached hydrogens (tertiary/aromatic N) is 2. The summed E-state index contributed by atoms with van der Waals surface area (Å²) in [6, 6.07) is 11.9. The van der Waals surface area contributed by atoms with Gasteiger partial charge < -0.3 is 5.11 Å². The van der Waals surface area contributed by atoms with Gasteiger partial charge in [-0.05, 0) is 29.8 Å². The lowest BCUT2D eigenvalue weighted by atomic mass is 9.81. The molecule has 0 radical (unpaired) electrons. The summed E-state index contributed by atoms with van der Waals surface area (Å²) in [5, 5.41) is 20.7. The number of aromatic hydroxyl groups is 1. The molecule has 5 nitrogen and oxygen atoms in total. The Morgan fingerprint density at radius 1 is 1.17 bits per heavy atom. The number of nitro groups is 1. The fourth-order valence-corrected chi connectivity index (χ4v) is 2.71. The first-order valence-corrected chi connectivity index (χ1v) is 7.24. The lowest BCUT2D eigenvalue weighted by Crippen LogP contribution is -2.23. The second kappa shape index (κ2) is 5.35. The Kier molecular flexibility index (Phi) is 3.48. The molecule has 0 saturated carbocycles. The van der Waals surface area contributed by atoms with E-state index in [9.17, 15) is 15.2 Å². The first-order valence-electron chi connectivity index (χ1n) is 7.24. The lowest BCUT2D eigenvalue weighted by molar-refractivity contribution is -0.384. The average Bonchev–Trinajstić information content (AvgIpc) is 2.77. The molecule has 3 rings (SSSR count). The zero-order chi connectivity index (χ0) is 16.6. The van der Waals surface area contributed by atoms with E-state index >= 15 is 0 Å². The maximum atomic E-state index is 10.9. The number of benzene rings is 2. The lowest BCUT2D eigenvalue weighted by Gasteiger charge is -2.20. The summed E-state index contributed by atoms with van der Waals surface area (Å²) in [4.78, 5) is 15.0. The number of para-hydroxylation sites is 1. The van der Waals surface area contributed by atoms with Crippen molar-refractivity contribution in [2.24, 2.45) is 4.99 Å². The average molecular weight is 308 g/mol. The van der Waals surface area contributed by atoms with Crippen LogP contribution >= 0.6 is 0 Å². The monoisotopic (exact) mass is 308 g/mol. The number of hydrogen-bond donors (Lipinski definition) is 1. The number of phenols is 1. The summed E-state index contributed by atoms with van der Waals surface area (Å²) in [6.07, 6.45) is 3.47. The second-order valence-corrected chi connectivity index (χ2v) is 5.97. The van der Waals surface area contributed by atoms with Crippen molar-refractivity contribution in [2.75, 3.05) is 0 Å². The molecule has 0 aliphatic carbocycles. The normalized spacial score (nSPS) is 15.5. The van der Waals surface area contributed by atoms with E-state index in [0.717, 1.165) is 17.0 Å². The summed E-state index contributed by atoms with van der Waals surface area (Å²) in [5.74, 6) is 0.000710. The van der Waals surface area contributed by atoms with Crippen LogP contribution in [0.25, 0.3) is 6.08 Å². The molecule has 2 aromatic rings. The van der Waals surface area contributed by atoms with Crippen molar-refractivity contribution in [1.29, 1.82) is 0 Å². The van der Waals surface area contributed by atoms with Gasteiger partial charge in [-0.15, -0.1) is 0 Å². The van der Waals surface area contributed by atoms with E-state index in [-0.39, 0.29) is 16.9 Å². The molecule has 1 aliphatic heterocycles. The Hall–Kier alpha value is -2.95. The molecule has 116 valence electrons. The molecule has 2 aromatic carbocycles. The van der Waals surface area contributed by atoms with Gasteiger partial charge in [0.1, 0.15) is 5.75 Å². The summed E-state index contributed by atoms with van der Waals surface area (Å²) in [7, 11) is 0. The van der Waals surface area contributed by atoms with Gasteiger partial charge >= 0.3 is 0 Å². The Morgan fingerprint density at radius 2 is 1.91 bits per heavy atom. The molecular formula is C18H16N2O3. The van der Waals surface area contributed by atoms with E-state index < -0.39 is 4.92 Å². The van der Waals surface area contributed by atoms with Crippen LogP contribution in [-0.4, -0.2) is 15.7 Å². The number of phenolic OH excluding ortho intramolecular Hbond substituents is 1. The van der Waals surface area contributed by atoms with Crippen LogP contribution in [0.3, 0.4) is 0 Å². The number of allylic oxidation sites excluding steroid dienone is 1. The molecule has 0 bridgehead atoms. The molecule has 0 amide bonds. The van der Waals surface area contributed by atoms with E-state index in [1.54, 1.807) is 12.2 Å². The van der Waals surface area contributed by atoms with Crippen LogP contribution in [0.2, 0.25) is 0 Å². The maximum absolute atomic E-state index is 10.9. The Balaban J connectivity index is 1.96. The Bertz CT molecular complexity index is 851. The van der Waals surface area contributed by atoms with E-state index in [1.165, 1.54) is 18.2 Å². The number of rotatable bonds is 3. The molecule has 0 atom stereocenters. The van der Waals surface area contributed by atoms with Crippen molar-refractivity contribution in [3.05, 3.63) is 69.8 Å². The third-order valence-corrected chi connectivity index (χ3v) is 4.10. The number of nitro benzene ring substituents is 1. The quantitative estimate of drug-likeness (QED) is 0.675. The number of non-ortho nitro benzene ring substituents is 1. The van der Waals surface area contributed by atoms with Gasteiger partial charge in [-0.25, -0.2) is 0 Å². The number of aliphatic imine (C=N–C) groups is 1. The van der Waals surface area contributed by atoms with Gasteiger partial charge in [0, 0.05) is 23.1 Å². The van der Waals surface area contributed by atoms with Crippen LogP contribution in [0.1, 0.15) is 25.0 Å². The van der Waals surface area contributed by atoms with Crippen LogP contribution in [0.4, 0.5) is 11.4 Å². The fraction of sp³-hybridized carbons (Fsp3) is 0.167. The standard InChI is InChI=1S/C18H16N2O3/c1-18(2)14-5-3-4-6-15(14)19-17(18)10-7-12-11-13(20(22)23)8-9-16(12)21/h3-11,21H,1-2H3. The molecule has 1 N–H and O–H groups in total. The zero-order valence-electron chi connectivity index (χ0n) is 12.9. The summed E-state index contributed by atoms with van der Waals surface area (Å²) < 4.78 is 0. The minimum absolute atomic E-state index is 0.000710. The van der Waals surface area contributed by atoms with Crippen LogP contribution < -0.4 is 0 Å². The van der Waals surface area contributed by atoms with E-state index in [4.69, 9.17) is 0 Å². The highest BCUT2D eigenvalue weighted by Crippen LogP contribution is 2.40. The Morgan fingerprint density at radius 3 is 2.61 bits per heavy atom. The maximum Gasteiger partial charge on any atom is 0.270 e. The first kappa shape index (κ1) is 15.0. The number of fused-ring (bicyclic) bond motifs is 1. The smallest absolute Gasteiger partial charge is 0.270 e. The van der Waals surface area contributed by atoms with E-state index in [0.29, 0.717) is 5.56 Å². The predicted molar refractivity (Wildman–Crippen MR) is 90.4 cm³/mol. The van der Waals surface area contributed by atoms with Gasteiger partial charge in [0.25, 0.3) is 5.69 Å². The SMILES string of the molecule is CC1(C)C(C=Cc2cc([N+](=O)[O-])ccc2O)=Nc2ccccc21. The Labute approximate surface area is 133 Å². The van der Waals surface area contributed by atoms with Crippen molar-refractivity contribution in [2.45, 2.75) is 19.3 Å². The van der Waals surface area contributed by atoms with Crippen LogP contribution in [0, 0.1) is 10.1 Å². The van der Waals surface area contributed by atoms with Gasteiger partial charge in [-0.3, -0.25) is 15.1 Å². The van der Waals surface area contributed by atoms with Gasteiger partial charge in [0.15, 0.2) is 0 Å². The predicted octanol–water partition coefficient (Wildman–Crippen LogP) is 4.38. The third kappa shape index (κ3) is 2.61. The molecule has 0 saturated heterocycles. The molecule has 0 spiro atoms. The van der Waals surface area contributed by atoms with Gasteiger partial charge in [-0.1, -0.05) is 32.0 Å². The topological polar surface area (TPSA) is 75.7 Å². The van der Waals surface area contributed by atoms with Gasteiger partial charge in [-0.2, -0.15) is 0 Å². The molecule has 0 aromatic heterocycles. The molecule has 0 fully saturated rings. The molecular weight excluding hydrogens is 292 g/mol. The van der Waals surface area contributed by atoms with E-state index in [2.05, 4.69) is 18.8 Å². The third-order valence-electron chi connectivity index (χ3n) is 4.10. The highest BCUT2D eigenvalue weighted by molar-refractivity contribution is 6.10. The molecule has 23 heavy (non-hydrogen) atoms. The zero-order valence-corrected chi connectivity index (χ0v) is 12.9. The molecule has 1 heterocycles. The second-order valence-electron chi connectivity index (χ2n) is 5.97. The van der Waals surface area contributed by atoms with Crippen LogP contribution in [0.5, 0.6) is 5.75 Å². The van der Waals surface area contributed by atoms with Crippen molar-refractivity contribution in [1.82, 2.24) is 0 Å². The molecule has 0 unspecified atom stereocenters. The van der Waals surface area contributed by atoms with Crippen molar-refractivity contribution >= 4 is 23.2 Å². The largest absolute Gasteiger partial charge is 0.507 e. The molecule has 5 heteroatoms. The van der Waals surface area contributed by atoms with Crippen molar-refractivity contribution < 1.29 is 10.0 Å². The van der Waals surface area contributed by atoms with E-state index in [1.807, 2.05) is 24.3 Å². The van der Waals surface area contributed by atoms with Gasteiger partial charge in [0.2, 0.25) is 0 Å². The minimum Gasteiger partial charge on any atom is -0.507 e. The summed E-state index contributed by atoms with van der Waals surface area (Å²) >= 11 is 0. The highest BCUT2D eigenvalue weighted by atomic mass is 16.6. The number of hydrogen-bond acceptors (Lipinski definition) is 4. The van der Waals surface area contributed by atoms with Gasteiger partial charge in [0.05, 0.1) is 16.3 Å². The highest BCUT2D eigenvalue weighted by Gasteiger charge is 2.32. The van der Waals surface area contributed by atoms with Crippen LogP contribution in [0.15, 0.2) is 53.5 Å². The van der Waals surface area contributed by atoms with Crippen molar-refractivity contribution in [3.8, 4) is 5.75 Å². The van der Waals surface area contributed by atoms with Crippen molar-refractivity contribution in [3.63, 3.8) is 0 Å².